The molecule has 0 bridgehead atoms. The van der Waals surface area contributed by atoms with Gasteiger partial charge >= 0.3 is 12.0 Å². The maximum atomic E-state index is 12.5. The zero-order chi connectivity index (χ0) is 24.0. The first-order valence-corrected chi connectivity index (χ1v) is 12.4. The number of hydrogen-bond acceptors (Lipinski definition) is 5. The molecule has 184 valence electrons. The Morgan fingerprint density at radius 2 is 1.97 bits per heavy atom. The van der Waals surface area contributed by atoms with Crippen molar-refractivity contribution >= 4 is 17.8 Å². The average molecular weight is 461 g/mol. The quantitative estimate of drug-likeness (QED) is 0.464. The number of nitrogens with one attached hydrogen (secondary N) is 2. The second-order valence-corrected chi connectivity index (χ2v) is 9.93. The van der Waals surface area contributed by atoms with Crippen LogP contribution in [0.15, 0.2) is 12.1 Å². The van der Waals surface area contributed by atoms with Crippen LogP contribution in [0.4, 0.5) is 10.6 Å². The molecule has 1 aromatic heterocycles. The Kier molecular flexibility index (Phi) is 8.95. The number of urea groups is 1. The lowest BCUT2D eigenvalue weighted by Gasteiger charge is -2.35. The first kappa shape index (κ1) is 25.3. The van der Waals surface area contributed by atoms with Gasteiger partial charge in [0.05, 0.1) is 6.10 Å². The summed E-state index contributed by atoms with van der Waals surface area (Å²) in [6.45, 7) is 9.02. The fourth-order valence-electron chi connectivity index (χ4n) is 4.81. The maximum absolute atomic E-state index is 12.5. The van der Waals surface area contributed by atoms with Crippen molar-refractivity contribution in [3.63, 3.8) is 0 Å². The molecule has 8 nitrogen and oxygen atoms in total. The second kappa shape index (κ2) is 11.7. The summed E-state index contributed by atoms with van der Waals surface area (Å²) in [7, 11) is 0. The number of rotatable bonds is 11. The van der Waals surface area contributed by atoms with E-state index < -0.39 is 12.0 Å². The molecule has 2 heterocycles. The van der Waals surface area contributed by atoms with Crippen LogP contribution < -0.4 is 10.6 Å². The molecular formula is C25H40N4O4. The number of amides is 2. The van der Waals surface area contributed by atoms with E-state index in [2.05, 4.69) is 22.8 Å². The van der Waals surface area contributed by atoms with Gasteiger partial charge in [-0.15, -0.1) is 0 Å². The monoisotopic (exact) mass is 460 g/mol. The fraction of sp³-hybridized carbons (Fsp3) is 0.720. The van der Waals surface area contributed by atoms with Crippen molar-refractivity contribution in [3.8, 4) is 0 Å². The Balaban J connectivity index is 1.35. The summed E-state index contributed by atoms with van der Waals surface area (Å²) >= 11 is 0. The molecule has 1 aliphatic heterocycles. The summed E-state index contributed by atoms with van der Waals surface area (Å²) in [6, 6.07) is 3.05. The van der Waals surface area contributed by atoms with E-state index in [0.717, 1.165) is 50.2 Å². The van der Waals surface area contributed by atoms with Crippen LogP contribution in [0, 0.1) is 5.92 Å². The highest BCUT2D eigenvalue weighted by Gasteiger charge is 2.31. The number of hydrogen-bond donors (Lipinski definition) is 3. The number of nitrogens with zero attached hydrogens (tertiary/aromatic N) is 2. The number of anilines is 1. The molecule has 1 unspecified atom stereocenters. The van der Waals surface area contributed by atoms with Crippen molar-refractivity contribution in [2.24, 2.45) is 5.92 Å². The molecule has 8 heteroatoms. The minimum Gasteiger partial charge on any atom is -0.480 e. The summed E-state index contributed by atoms with van der Waals surface area (Å²) in [5, 5.41) is 15.6. The molecule has 3 N–H and O–H groups in total. The number of fused-ring (bicyclic) bond motifs is 1. The molecule has 0 spiro atoms. The molecule has 3 rings (SSSR count). The van der Waals surface area contributed by atoms with E-state index in [9.17, 15) is 14.7 Å². The summed E-state index contributed by atoms with van der Waals surface area (Å²) < 4.78 is 5.90. The van der Waals surface area contributed by atoms with Crippen LogP contribution in [-0.2, 0) is 22.4 Å². The van der Waals surface area contributed by atoms with E-state index in [4.69, 9.17) is 9.72 Å². The molecule has 1 aliphatic carbocycles. The number of ether oxygens (including phenoxy) is 1. The normalized spacial score (nSPS) is 20.5. The molecule has 1 aromatic rings. The van der Waals surface area contributed by atoms with Crippen molar-refractivity contribution in [3.05, 3.63) is 23.4 Å². The third kappa shape index (κ3) is 7.06. The molecule has 1 fully saturated rings. The molecule has 33 heavy (non-hydrogen) atoms. The number of carbonyl (C=O) groups excluding carboxylic acids is 1. The van der Waals surface area contributed by atoms with E-state index in [-0.39, 0.29) is 30.6 Å². The van der Waals surface area contributed by atoms with Crippen LogP contribution >= 0.6 is 0 Å². The van der Waals surface area contributed by atoms with Gasteiger partial charge in [0.2, 0.25) is 0 Å². The van der Waals surface area contributed by atoms with Crippen molar-refractivity contribution in [2.75, 3.05) is 18.5 Å². The fourth-order valence-corrected chi connectivity index (χ4v) is 4.81. The van der Waals surface area contributed by atoms with Crippen molar-refractivity contribution < 1.29 is 19.4 Å². The maximum Gasteiger partial charge on any atom is 0.326 e. The highest BCUT2D eigenvalue weighted by Crippen LogP contribution is 2.34. The Morgan fingerprint density at radius 3 is 2.64 bits per heavy atom. The molecule has 2 amide bonds. The number of carbonyl (C=O) groups is 2. The second-order valence-electron chi connectivity index (χ2n) is 9.93. The first-order valence-electron chi connectivity index (χ1n) is 12.4. The Morgan fingerprint density at radius 1 is 1.24 bits per heavy atom. The van der Waals surface area contributed by atoms with Crippen LogP contribution in [0.3, 0.4) is 0 Å². The standard InChI is InChI=1S/C25H40N4O4/c1-16(2)29(17(3)4)25(32)28-22(24(30)31)11-13-33-21-14-18(15-21)7-9-20-10-8-19-6-5-12-26-23(19)27-20/h8,10,16-18,21-22H,5-7,9,11-15H2,1-4H3,(H,26,27)(H,28,32)(H,30,31)/t18-,21-,22?. The van der Waals surface area contributed by atoms with Gasteiger partial charge in [-0.3, -0.25) is 0 Å². The molecule has 0 saturated heterocycles. The molecular weight excluding hydrogens is 420 g/mol. The third-order valence-electron chi connectivity index (χ3n) is 6.66. The number of aryl methyl sites for hydroxylation is 2. The summed E-state index contributed by atoms with van der Waals surface area (Å²) in [5.74, 6) is 0.651. The minimum atomic E-state index is -1.03. The lowest BCUT2D eigenvalue weighted by atomic mass is 9.79. The number of carboxylic acid groups (broad SMARTS) is 1. The van der Waals surface area contributed by atoms with Gasteiger partial charge < -0.3 is 25.4 Å². The topological polar surface area (TPSA) is 104 Å². The molecule has 2 aliphatic rings. The van der Waals surface area contributed by atoms with Crippen molar-refractivity contribution in [1.82, 2.24) is 15.2 Å². The van der Waals surface area contributed by atoms with Gasteiger partial charge in [0.15, 0.2) is 0 Å². The Bertz CT molecular complexity index is 800. The Labute approximate surface area is 197 Å². The van der Waals surface area contributed by atoms with Gasteiger partial charge in [0, 0.05) is 37.4 Å². The van der Waals surface area contributed by atoms with Gasteiger partial charge in [-0.1, -0.05) is 6.07 Å². The zero-order valence-corrected chi connectivity index (χ0v) is 20.5. The lowest BCUT2D eigenvalue weighted by molar-refractivity contribution is -0.140. The van der Waals surface area contributed by atoms with Crippen LogP contribution in [0.1, 0.15) is 71.1 Å². The van der Waals surface area contributed by atoms with Gasteiger partial charge in [0.25, 0.3) is 0 Å². The van der Waals surface area contributed by atoms with Crippen molar-refractivity contribution in [1.29, 1.82) is 0 Å². The summed E-state index contributed by atoms with van der Waals surface area (Å²) in [6.07, 6.45) is 6.80. The highest BCUT2D eigenvalue weighted by atomic mass is 16.5. The van der Waals surface area contributed by atoms with Crippen LogP contribution in [-0.4, -0.2) is 64.4 Å². The molecule has 1 atom stereocenters. The largest absolute Gasteiger partial charge is 0.480 e. The van der Waals surface area contributed by atoms with Gasteiger partial charge in [-0.2, -0.15) is 0 Å². The average Bonchev–Trinajstić information content (AvgIpc) is 2.72. The summed E-state index contributed by atoms with van der Waals surface area (Å²) in [5.41, 5.74) is 2.46. The van der Waals surface area contributed by atoms with E-state index in [1.165, 1.54) is 12.0 Å². The Hall–Kier alpha value is -2.35. The molecule has 0 radical (unpaired) electrons. The molecule has 0 aromatic carbocycles. The predicted octanol–water partition coefficient (Wildman–Crippen LogP) is 3.84. The van der Waals surface area contributed by atoms with Gasteiger partial charge in [0.1, 0.15) is 11.9 Å². The molecule has 1 saturated carbocycles. The van der Waals surface area contributed by atoms with Crippen LogP contribution in [0.25, 0.3) is 0 Å². The highest BCUT2D eigenvalue weighted by molar-refractivity contribution is 5.82. The minimum absolute atomic E-state index is 0.00428. The number of aliphatic carboxylic acids is 1. The van der Waals surface area contributed by atoms with Crippen LogP contribution in [0.2, 0.25) is 0 Å². The SMILES string of the molecule is CC(C)N(C(=O)NC(CCO[C@H]1C[C@H](CCc2ccc3c(n2)NCCC3)C1)C(=O)O)C(C)C. The zero-order valence-electron chi connectivity index (χ0n) is 20.5. The number of pyridine rings is 1. The summed E-state index contributed by atoms with van der Waals surface area (Å²) in [4.78, 5) is 30.6. The van der Waals surface area contributed by atoms with E-state index in [0.29, 0.717) is 12.5 Å². The van der Waals surface area contributed by atoms with Gasteiger partial charge in [-0.25, -0.2) is 14.6 Å². The van der Waals surface area contributed by atoms with E-state index >= 15 is 0 Å². The van der Waals surface area contributed by atoms with E-state index in [1.807, 2.05) is 27.7 Å². The number of carboxylic acids is 1. The smallest absolute Gasteiger partial charge is 0.326 e. The third-order valence-corrected chi connectivity index (χ3v) is 6.66. The lowest BCUT2D eigenvalue weighted by Crippen LogP contribution is -2.52. The van der Waals surface area contributed by atoms with E-state index in [1.54, 1.807) is 4.90 Å². The first-order chi connectivity index (χ1) is 15.7. The van der Waals surface area contributed by atoms with Gasteiger partial charge in [-0.05, 0) is 83.8 Å². The number of aromatic nitrogens is 1. The van der Waals surface area contributed by atoms with Crippen LogP contribution in [0.5, 0.6) is 0 Å². The van der Waals surface area contributed by atoms with Crippen molar-refractivity contribution in [2.45, 2.75) is 96.9 Å². The predicted molar refractivity (Wildman–Crippen MR) is 129 cm³/mol.